The Morgan fingerprint density at radius 1 is 1.16 bits per heavy atom. The average Bonchev–Trinajstić information content (AvgIpc) is 2.42. The van der Waals surface area contributed by atoms with Gasteiger partial charge in [0.1, 0.15) is 0 Å². The van der Waals surface area contributed by atoms with Crippen molar-refractivity contribution in [2.45, 2.75) is 58.5 Å². The molecule has 1 rings (SSSR count). The average molecular weight is 263 g/mol. The zero-order valence-electron chi connectivity index (χ0n) is 12.6. The van der Waals surface area contributed by atoms with Gasteiger partial charge in [-0.25, -0.2) is 0 Å². The quantitative estimate of drug-likeness (QED) is 0.708. The highest BCUT2D eigenvalue weighted by atomic mass is 16.3. The zero-order chi connectivity index (χ0) is 14.1. The minimum absolute atomic E-state index is 0.196. The first kappa shape index (κ1) is 16.2. The maximum Gasteiger partial charge on any atom is 0.0584 e. The summed E-state index contributed by atoms with van der Waals surface area (Å²) in [5.41, 5.74) is 1.33. The third-order valence-electron chi connectivity index (χ3n) is 3.46. The molecule has 0 heterocycles. The minimum atomic E-state index is 0.196. The van der Waals surface area contributed by atoms with Crippen molar-refractivity contribution in [3.8, 4) is 0 Å². The Hall–Kier alpha value is -0.860. The summed E-state index contributed by atoms with van der Waals surface area (Å²) < 4.78 is 0. The molecule has 2 atom stereocenters. The molecule has 108 valence electrons. The third-order valence-corrected chi connectivity index (χ3v) is 3.46. The summed E-state index contributed by atoms with van der Waals surface area (Å²) in [6.07, 6.45) is 4.58. The largest absolute Gasteiger partial charge is 0.395 e. The Balaban J connectivity index is 2.68. The molecule has 0 aliphatic carbocycles. The molecule has 0 aliphatic rings. The van der Waals surface area contributed by atoms with Crippen molar-refractivity contribution in [2.75, 3.05) is 6.61 Å². The number of unbranched alkanes of at least 4 members (excludes halogenated alkanes) is 1. The van der Waals surface area contributed by atoms with E-state index in [9.17, 15) is 5.11 Å². The Labute approximate surface area is 118 Å². The number of aliphatic hydroxyl groups is 1. The van der Waals surface area contributed by atoms with Gasteiger partial charge in [-0.05, 0) is 24.3 Å². The maximum absolute atomic E-state index is 9.53. The van der Waals surface area contributed by atoms with Gasteiger partial charge >= 0.3 is 0 Å². The van der Waals surface area contributed by atoms with Crippen LogP contribution in [0.3, 0.4) is 0 Å². The van der Waals surface area contributed by atoms with E-state index in [0.717, 1.165) is 12.8 Å². The molecule has 0 aliphatic heterocycles. The summed E-state index contributed by atoms with van der Waals surface area (Å²) in [6.45, 7) is 6.84. The Morgan fingerprint density at radius 2 is 1.84 bits per heavy atom. The van der Waals surface area contributed by atoms with Gasteiger partial charge in [0.15, 0.2) is 0 Å². The van der Waals surface area contributed by atoms with E-state index < -0.39 is 0 Å². The zero-order valence-corrected chi connectivity index (χ0v) is 12.6. The monoisotopic (exact) mass is 263 g/mol. The SMILES string of the molecule is CCCCC(NC(CO)CC(C)C)c1ccccc1. The second-order valence-electron chi connectivity index (χ2n) is 5.78. The summed E-state index contributed by atoms with van der Waals surface area (Å²) in [6, 6.07) is 11.1. The Kier molecular flexibility index (Phi) is 7.76. The highest BCUT2D eigenvalue weighted by Gasteiger charge is 2.16. The summed E-state index contributed by atoms with van der Waals surface area (Å²) in [4.78, 5) is 0. The molecule has 19 heavy (non-hydrogen) atoms. The molecule has 0 aromatic heterocycles. The van der Waals surface area contributed by atoms with Gasteiger partial charge in [0.05, 0.1) is 6.61 Å². The Bertz CT molecular complexity index is 323. The number of rotatable bonds is 9. The van der Waals surface area contributed by atoms with E-state index in [1.807, 2.05) is 0 Å². The fourth-order valence-corrected chi connectivity index (χ4v) is 2.49. The molecular weight excluding hydrogens is 234 g/mol. The van der Waals surface area contributed by atoms with Crippen LogP contribution in [0.25, 0.3) is 0 Å². The number of hydrogen-bond donors (Lipinski definition) is 2. The van der Waals surface area contributed by atoms with Crippen LogP contribution in [0.1, 0.15) is 58.1 Å². The van der Waals surface area contributed by atoms with E-state index in [0.29, 0.717) is 12.0 Å². The predicted octanol–water partition coefficient (Wildman–Crippen LogP) is 3.91. The van der Waals surface area contributed by atoms with E-state index in [1.54, 1.807) is 0 Å². The number of nitrogens with one attached hydrogen (secondary N) is 1. The lowest BCUT2D eigenvalue weighted by molar-refractivity contribution is 0.210. The molecule has 0 bridgehead atoms. The van der Waals surface area contributed by atoms with Gasteiger partial charge in [-0.2, -0.15) is 0 Å². The van der Waals surface area contributed by atoms with Crippen molar-refractivity contribution in [1.29, 1.82) is 0 Å². The summed E-state index contributed by atoms with van der Waals surface area (Å²) >= 11 is 0. The van der Waals surface area contributed by atoms with Crippen molar-refractivity contribution < 1.29 is 5.11 Å². The lowest BCUT2D eigenvalue weighted by atomic mass is 9.98. The molecule has 2 unspecified atom stereocenters. The first-order chi connectivity index (χ1) is 9.17. The van der Waals surface area contributed by atoms with Gasteiger partial charge < -0.3 is 10.4 Å². The molecule has 0 spiro atoms. The molecule has 0 saturated carbocycles. The van der Waals surface area contributed by atoms with Crippen molar-refractivity contribution in [1.82, 2.24) is 5.32 Å². The van der Waals surface area contributed by atoms with Crippen molar-refractivity contribution in [3.63, 3.8) is 0 Å². The van der Waals surface area contributed by atoms with Crippen molar-refractivity contribution in [2.24, 2.45) is 5.92 Å². The highest BCUT2D eigenvalue weighted by Crippen LogP contribution is 2.21. The molecule has 1 aromatic rings. The summed E-state index contributed by atoms with van der Waals surface area (Å²) in [5, 5.41) is 13.2. The van der Waals surface area contributed by atoms with Crippen LogP contribution >= 0.6 is 0 Å². The second-order valence-corrected chi connectivity index (χ2v) is 5.78. The molecular formula is C17H29NO. The topological polar surface area (TPSA) is 32.3 Å². The number of aliphatic hydroxyl groups excluding tert-OH is 1. The van der Waals surface area contributed by atoms with Crippen LogP contribution in [0, 0.1) is 5.92 Å². The fourth-order valence-electron chi connectivity index (χ4n) is 2.49. The first-order valence-electron chi connectivity index (χ1n) is 7.59. The van der Waals surface area contributed by atoms with Crippen LogP contribution in [0.5, 0.6) is 0 Å². The van der Waals surface area contributed by atoms with Gasteiger partial charge in [0.25, 0.3) is 0 Å². The van der Waals surface area contributed by atoms with Gasteiger partial charge in [-0.1, -0.05) is 63.9 Å². The van der Waals surface area contributed by atoms with E-state index in [2.05, 4.69) is 56.4 Å². The van der Waals surface area contributed by atoms with E-state index in [1.165, 1.54) is 18.4 Å². The first-order valence-corrected chi connectivity index (χ1v) is 7.59. The van der Waals surface area contributed by atoms with E-state index in [4.69, 9.17) is 0 Å². The number of hydrogen-bond acceptors (Lipinski definition) is 2. The molecule has 2 nitrogen and oxygen atoms in total. The van der Waals surface area contributed by atoms with Crippen molar-refractivity contribution >= 4 is 0 Å². The summed E-state index contributed by atoms with van der Waals surface area (Å²) in [5.74, 6) is 0.604. The molecule has 1 aromatic carbocycles. The van der Waals surface area contributed by atoms with Gasteiger partial charge in [-0.3, -0.25) is 0 Å². The van der Waals surface area contributed by atoms with E-state index in [-0.39, 0.29) is 12.6 Å². The van der Waals surface area contributed by atoms with Crippen molar-refractivity contribution in [3.05, 3.63) is 35.9 Å². The molecule has 0 radical (unpaired) electrons. The lowest BCUT2D eigenvalue weighted by Crippen LogP contribution is -2.36. The molecule has 0 saturated heterocycles. The molecule has 0 amide bonds. The van der Waals surface area contributed by atoms with Crippen LogP contribution in [-0.4, -0.2) is 17.8 Å². The van der Waals surface area contributed by atoms with Gasteiger partial charge in [0, 0.05) is 12.1 Å². The maximum atomic E-state index is 9.53. The Morgan fingerprint density at radius 3 is 2.37 bits per heavy atom. The van der Waals surface area contributed by atoms with Crippen LogP contribution in [0.4, 0.5) is 0 Å². The predicted molar refractivity (Wildman–Crippen MR) is 82.2 cm³/mol. The fraction of sp³-hybridized carbons (Fsp3) is 0.647. The lowest BCUT2D eigenvalue weighted by Gasteiger charge is -2.26. The molecule has 2 heteroatoms. The highest BCUT2D eigenvalue weighted by molar-refractivity contribution is 5.19. The molecule has 2 N–H and O–H groups in total. The third kappa shape index (κ3) is 6.22. The van der Waals surface area contributed by atoms with Gasteiger partial charge in [-0.15, -0.1) is 0 Å². The van der Waals surface area contributed by atoms with Crippen LogP contribution in [-0.2, 0) is 0 Å². The summed E-state index contributed by atoms with van der Waals surface area (Å²) in [7, 11) is 0. The van der Waals surface area contributed by atoms with Crippen LogP contribution < -0.4 is 5.32 Å². The standard InChI is InChI=1S/C17H29NO/c1-4-5-11-17(15-9-7-6-8-10-15)18-16(13-19)12-14(2)3/h6-10,14,16-19H,4-5,11-13H2,1-3H3. The second kappa shape index (κ2) is 9.11. The van der Waals surface area contributed by atoms with Crippen LogP contribution in [0.15, 0.2) is 30.3 Å². The number of benzene rings is 1. The minimum Gasteiger partial charge on any atom is -0.395 e. The van der Waals surface area contributed by atoms with Crippen LogP contribution in [0.2, 0.25) is 0 Å². The molecule has 0 fully saturated rings. The van der Waals surface area contributed by atoms with E-state index >= 15 is 0 Å². The smallest absolute Gasteiger partial charge is 0.0584 e. The van der Waals surface area contributed by atoms with Gasteiger partial charge in [0.2, 0.25) is 0 Å². The normalized spacial score (nSPS) is 14.6.